The number of ether oxygens (including phenoxy) is 1. The van der Waals surface area contributed by atoms with Gasteiger partial charge in [-0.3, -0.25) is 4.79 Å². The predicted octanol–water partition coefficient (Wildman–Crippen LogP) is 6.49. The van der Waals surface area contributed by atoms with Crippen molar-refractivity contribution < 1.29 is 9.53 Å². The number of fused-ring (bicyclic) bond motifs is 1. The van der Waals surface area contributed by atoms with Crippen LogP contribution < -0.4 is 15.0 Å². The summed E-state index contributed by atoms with van der Waals surface area (Å²) in [5.74, 6) is 1.96. The van der Waals surface area contributed by atoms with Crippen LogP contribution in [0.25, 0.3) is 10.9 Å². The van der Waals surface area contributed by atoms with Crippen molar-refractivity contribution in [1.82, 2.24) is 4.98 Å². The first-order valence-corrected chi connectivity index (χ1v) is 11.6. The molecule has 0 unspecified atom stereocenters. The summed E-state index contributed by atoms with van der Waals surface area (Å²) in [5, 5.41) is 4.82. The monoisotopic (exact) mass is 471 g/mol. The molecule has 0 saturated carbocycles. The minimum Gasteiger partial charge on any atom is -0.479 e. The van der Waals surface area contributed by atoms with Gasteiger partial charge in [-0.1, -0.05) is 30.1 Å². The number of aromatic nitrogens is 1. The second-order valence-corrected chi connectivity index (χ2v) is 9.37. The fourth-order valence-corrected chi connectivity index (χ4v) is 4.37. The van der Waals surface area contributed by atoms with Crippen LogP contribution in [0.15, 0.2) is 42.5 Å². The number of piperidine rings is 1. The number of aryl methyl sites for hydroxylation is 1. The van der Waals surface area contributed by atoms with Crippen LogP contribution in [0.5, 0.6) is 5.75 Å². The second-order valence-electron chi connectivity index (χ2n) is 8.52. The largest absolute Gasteiger partial charge is 0.479 e. The number of hydrogen-bond acceptors (Lipinski definition) is 4. The number of nitrogens with one attached hydrogen (secondary N) is 1. The zero-order valence-electron chi connectivity index (χ0n) is 18.5. The molecule has 1 atom stereocenters. The molecule has 1 amide bonds. The topological polar surface area (TPSA) is 54.5 Å². The minimum absolute atomic E-state index is 0.264. The van der Waals surface area contributed by atoms with Gasteiger partial charge in [0.05, 0.1) is 10.5 Å². The predicted molar refractivity (Wildman–Crippen MR) is 132 cm³/mol. The maximum atomic E-state index is 12.7. The number of carbonyl (C=O) groups excluding carboxylic acids is 1. The number of anilines is 2. The third-order valence-electron chi connectivity index (χ3n) is 5.94. The van der Waals surface area contributed by atoms with E-state index in [1.54, 1.807) is 25.1 Å². The van der Waals surface area contributed by atoms with Crippen molar-refractivity contribution in [2.75, 3.05) is 23.3 Å². The van der Waals surface area contributed by atoms with Gasteiger partial charge in [-0.15, -0.1) is 0 Å². The lowest BCUT2D eigenvalue weighted by Gasteiger charge is -2.31. The summed E-state index contributed by atoms with van der Waals surface area (Å²) >= 11 is 12.1. The Hall–Kier alpha value is -2.50. The molecule has 2 aromatic carbocycles. The highest BCUT2D eigenvalue weighted by atomic mass is 35.5. The Kier molecular flexibility index (Phi) is 6.77. The number of pyridine rings is 1. The van der Waals surface area contributed by atoms with Crippen molar-refractivity contribution in [3.8, 4) is 5.75 Å². The second kappa shape index (κ2) is 9.55. The highest BCUT2D eigenvalue weighted by Gasteiger charge is 2.19. The van der Waals surface area contributed by atoms with Crippen LogP contribution >= 0.6 is 23.2 Å². The normalized spacial score (nSPS) is 15.6. The lowest BCUT2D eigenvalue weighted by atomic mass is 9.99. The number of benzene rings is 2. The number of halogens is 2. The van der Waals surface area contributed by atoms with Gasteiger partial charge in [-0.2, -0.15) is 0 Å². The van der Waals surface area contributed by atoms with E-state index >= 15 is 0 Å². The molecular formula is C25H27Cl2N3O2. The zero-order chi connectivity index (χ0) is 22.8. The van der Waals surface area contributed by atoms with E-state index < -0.39 is 6.10 Å². The van der Waals surface area contributed by atoms with Crippen molar-refractivity contribution in [1.29, 1.82) is 0 Å². The van der Waals surface area contributed by atoms with Gasteiger partial charge in [0.15, 0.2) is 6.10 Å². The average Bonchev–Trinajstić information content (AvgIpc) is 2.76. The quantitative estimate of drug-likeness (QED) is 0.461. The fourth-order valence-electron chi connectivity index (χ4n) is 3.91. The number of amides is 1. The molecule has 1 aliphatic rings. The van der Waals surface area contributed by atoms with Gasteiger partial charge < -0.3 is 15.0 Å². The molecule has 2 heterocycles. The van der Waals surface area contributed by atoms with Crippen molar-refractivity contribution in [3.63, 3.8) is 0 Å². The van der Waals surface area contributed by atoms with Crippen molar-refractivity contribution in [3.05, 3.63) is 58.1 Å². The van der Waals surface area contributed by atoms with Gasteiger partial charge in [0.2, 0.25) is 0 Å². The molecule has 7 heteroatoms. The van der Waals surface area contributed by atoms with Crippen LogP contribution in [-0.2, 0) is 4.79 Å². The molecule has 1 saturated heterocycles. The minimum atomic E-state index is -0.729. The summed E-state index contributed by atoms with van der Waals surface area (Å²) in [6.45, 7) is 8.16. The third-order valence-corrected chi connectivity index (χ3v) is 6.47. The van der Waals surface area contributed by atoms with E-state index in [4.69, 9.17) is 32.9 Å². The lowest BCUT2D eigenvalue weighted by molar-refractivity contribution is -0.122. The van der Waals surface area contributed by atoms with Gasteiger partial charge in [-0.05, 0) is 80.6 Å². The van der Waals surface area contributed by atoms with E-state index in [1.807, 2.05) is 18.2 Å². The van der Waals surface area contributed by atoms with Crippen LogP contribution in [0.2, 0.25) is 10.0 Å². The summed E-state index contributed by atoms with van der Waals surface area (Å²) in [5.41, 5.74) is 2.76. The Morgan fingerprint density at radius 1 is 1.16 bits per heavy atom. The van der Waals surface area contributed by atoms with Crippen molar-refractivity contribution in [2.24, 2.45) is 5.92 Å². The van der Waals surface area contributed by atoms with E-state index in [9.17, 15) is 4.79 Å². The van der Waals surface area contributed by atoms with Gasteiger partial charge in [0, 0.05) is 29.2 Å². The smallest absolute Gasteiger partial charge is 0.265 e. The Morgan fingerprint density at radius 3 is 2.62 bits per heavy atom. The molecule has 1 aromatic heterocycles. The molecule has 168 valence electrons. The number of carbonyl (C=O) groups is 1. The molecule has 1 N–H and O–H groups in total. The average molecular weight is 472 g/mol. The molecule has 0 radical (unpaired) electrons. The lowest BCUT2D eigenvalue weighted by Crippen LogP contribution is -2.33. The van der Waals surface area contributed by atoms with Crippen LogP contribution in [0, 0.1) is 12.8 Å². The van der Waals surface area contributed by atoms with Crippen molar-refractivity contribution >= 4 is 51.5 Å². The molecule has 32 heavy (non-hydrogen) atoms. The van der Waals surface area contributed by atoms with Crippen LogP contribution in [0.4, 0.5) is 11.5 Å². The molecule has 0 aliphatic carbocycles. The van der Waals surface area contributed by atoms with Gasteiger partial charge in [-0.25, -0.2) is 4.98 Å². The summed E-state index contributed by atoms with van der Waals surface area (Å²) < 4.78 is 5.72. The van der Waals surface area contributed by atoms with Crippen molar-refractivity contribution in [2.45, 2.75) is 39.7 Å². The van der Waals surface area contributed by atoms with E-state index in [2.05, 4.69) is 30.1 Å². The maximum absolute atomic E-state index is 12.7. The van der Waals surface area contributed by atoms with Gasteiger partial charge >= 0.3 is 0 Å². The molecule has 1 fully saturated rings. The van der Waals surface area contributed by atoms with Crippen LogP contribution in [0.3, 0.4) is 0 Å². The molecule has 3 aromatic rings. The third kappa shape index (κ3) is 5.11. The maximum Gasteiger partial charge on any atom is 0.265 e. The number of nitrogens with zero attached hydrogens (tertiary/aromatic N) is 2. The Bertz CT molecular complexity index is 1140. The first-order chi connectivity index (χ1) is 15.3. The summed E-state index contributed by atoms with van der Waals surface area (Å²) in [6, 6.07) is 12.8. The highest BCUT2D eigenvalue weighted by molar-refractivity contribution is 6.35. The Balaban J connectivity index is 1.47. The van der Waals surface area contributed by atoms with Gasteiger partial charge in [0.1, 0.15) is 11.6 Å². The zero-order valence-corrected chi connectivity index (χ0v) is 20.0. The molecular weight excluding hydrogens is 445 g/mol. The Labute approximate surface area is 198 Å². The van der Waals surface area contributed by atoms with Crippen LogP contribution in [-0.4, -0.2) is 30.1 Å². The molecule has 5 nitrogen and oxygen atoms in total. The van der Waals surface area contributed by atoms with E-state index in [-0.39, 0.29) is 5.91 Å². The molecule has 1 aliphatic heterocycles. The van der Waals surface area contributed by atoms with E-state index in [0.717, 1.165) is 41.3 Å². The summed E-state index contributed by atoms with van der Waals surface area (Å²) in [6.07, 6.45) is 1.67. The first kappa shape index (κ1) is 22.7. The molecule has 0 bridgehead atoms. The van der Waals surface area contributed by atoms with Crippen LogP contribution in [0.1, 0.15) is 32.3 Å². The number of hydrogen-bond donors (Lipinski definition) is 1. The molecule has 4 rings (SSSR count). The standard InChI is InChI=1S/C25H27Cl2N3O2/c1-15-8-10-30(11-9-15)24-12-16(2)20-14-19(5-6-22(20)29-24)28-25(31)17(3)32-23-7-4-18(26)13-21(23)27/h4-7,12-15,17H,8-11H2,1-3H3,(H,28,31)/t17-/m0/s1. The highest BCUT2D eigenvalue weighted by Crippen LogP contribution is 2.30. The Morgan fingerprint density at radius 2 is 1.91 bits per heavy atom. The van der Waals surface area contributed by atoms with Gasteiger partial charge in [0.25, 0.3) is 5.91 Å². The van der Waals surface area contributed by atoms with E-state index in [0.29, 0.717) is 21.5 Å². The summed E-state index contributed by atoms with van der Waals surface area (Å²) in [4.78, 5) is 19.9. The number of rotatable bonds is 5. The SMILES string of the molecule is Cc1cc(N2CCC(C)CC2)nc2ccc(NC(=O)[C@H](C)Oc3ccc(Cl)cc3Cl)cc12. The molecule has 0 spiro atoms. The fraction of sp³-hybridized carbons (Fsp3) is 0.360. The van der Waals surface area contributed by atoms with E-state index in [1.165, 1.54) is 12.8 Å². The summed E-state index contributed by atoms with van der Waals surface area (Å²) in [7, 11) is 0. The first-order valence-electron chi connectivity index (χ1n) is 10.9.